The van der Waals surface area contributed by atoms with E-state index in [0.29, 0.717) is 12.0 Å². The predicted molar refractivity (Wildman–Crippen MR) is 229 cm³/mol. The molecule has 0 heterocycles. The van der Waals surface area contributed by atoms with Gasteiger partial charge in [0.05, 0.1) is 6.04 Å². The van der Waals surface area contributed by atoms with E-state index in [2.05, 4.69) is 13.8 Å². The van der Waals surface area contributed by atoms with Gasteiger partial charge >= 0.3 is 11.9 Å². The number of carbonyl (C=O) groups excluding carboxylic acids is 3. The van der Waals surface area contributed by atoms with Gasteiger partial charge in [-0.1, -0.05) is 214 Å². The van der Waals surface area contributed by atoms with Crippen LogP contribution >= 0.6 is 0 Å². The molecule has 0 aliphatic heterocycles. The summed E-state index contributed by atoms with van der Waals surface area (Å²) < 4.78 is 11.4. The lowest BCUT2D eigenvalue weighted by atomic mass is 9.83. The highest BCUT2D eigenvalue weighted by atomic mass is 16.6. The average molecular weight is 756 g/mol. The van der Waals surface area contributed by atoms with Crippen LogP contribution in [-0.2, 0) is 9.59 Å². The molecule has 0 saturated carbocycles. The highest BCUT2D eigenvalue weighted by Gasteiger charge is 2.29. The van der Waals surface area contributed by atoms with Crippen LogP contribution in [-0.4, -0.2) is 23.8 Å². The molecule has 1 unspecified atom stereocenters. The molecule has 0 aliphatic rings. The summed E-state index contributed by atoms with van der Waals surface area (Å²) in [4.78, 5) is 38.9. The molecule has 1 aromatic carbocycles. The van der Waals surface area contributed by atoms with Gasteiger partial charge in [0.1, 0.15) is 0 Å². The van der Waals surface area contributed by atoms with E-state index in [1.165, 1.54) is 160 Å². The fourth-order valence-electron chi connectivity index (χ4n) is 7.03. The maximum absolute atomic E-state index is 13.2. The number of hydrogen-bond donors (Lipinski definition) is 1. The van der Waals surface area contributed by atoms with Gasteiger partial charge in [0.15, 0.2) is 17.3 Å². The number of Topliss-reactive ketones (excluding diaryl/α,β-unsaturated/α-hetero) is 1. The first-order valence-electron chi connectivity index (χ1n) is 22.9. The van der Waals surface area contributed by atoms with Crippen molar-refractivity contribution in [3.8, 4) is 11.5 Å². The van der Waals surface area contributed by atoms with Crippen LogP contribution in [0.25, 0.3) is 0 Å². The normalized spacial score (nSPS) is 12.2. The van der Waals surface area contributed by atoms with Crippen LogP contribution in [0.5, 0.6) is 11.5 Å². The van der Waals surface area contributed by atoms with E-state index in [4.69, 9.17) is 15.2 Å². The van der Waals surface area contributed by atoms with Crippen molar-refractivity contribution < 1.29 is 23.9 Å². The lowest BCUT2D eigenvalue weighted by Gasteiger charge is -2.25. The monoisotopic (exact) mass is 756 g/mol. The molecule has 1 atom stereocenters. The molecule has 0 spiro atoms. The molecule has 0 fully saturated rings. The Bertz CT molecular complexity index is 1090. The number of esters is 2. The van der Waals surface area contributed by atoms with Crippen LogP contribution < -0.4 is 15.2 Å². The number of nitrogens with two attached hydrogens (primary N) is 1. The summed E-state index contributed by atoms with van der Waals surface area (Å²) in [6.45, 7) is 10.3. The van der Waals surface area contributed by atoms with Crippen LogP contribution in [0.4, 0.5) is 0 Å². The lowest BCUT2D eigenvalue weighted by molar-refractivity contribution is -0.137. The zero-order valence-corrected chi connectivity index (χ0v) is 36.1. The highest BCUT2D eigenvalue weighted by Crippen LogP contribution is 2.32. The Kier molecular flexibility index (Phi) is 30.4. The Morgan fingerprint density at radius 3 is 1.09 bits per heavy atom. The maximum Gasteiger partial charge on any atom is 0.311 e. The molecular weight excluding hydrogens is 671 g/mol. The minimum absolute atomic E-state index is 0.109. The van der Waals surface area contributed by atoms with Crippen molar-refractivity contribution in [3.05, 3.63) is 23.8 Å². The van der Waals surface area contributed by atoms with E-state index in [9.17, 15) is 14.4 Å². The third kappa shape index (κ3) is 26.6. The number of carbonyl (C=O) groups is 3. The van der Waals surface area contributed by atoms with E-state index in [0.717, 1.165) is 38.5 Å². The largest absolute Gasteiger partial charge is 0.423 e. The van der Waals surface area contributed by atoms with E-state index < -0.39 is 11.5 Å². The molecule has 0 bridgehead atoms. The second-order valence-corrected chi connectivity index (χ2v) is 17.2. The molecule has 0 aromatic heterocycles. The highest BCUT2D eigenvalue weighted by molar-refractivity contribution is 6.01. The second kappa shape index (κ2) is 33.0. The summed E-state index contributed by atoms with van der Waals surface area (Å²) in [6.07, 6.45) is 38.5. The molecule has 0 aliphatic carbocycles. The first-order valence-corrected chi connectivity index (χ1v) is 22.9. The van der Waals surface area contributed by atoms with Crippen molar-refractivity contribution in [3.63, 3.8) is 0 Å². The van der Waals surface area contributed by atoms with Gasteiger partial charge in [0.25, 0.3) is 0 Å². The summed E-state index contributed by atoms with van der Waals surface area (Å²) >= 11 is 0. The Hall–Kier alpha value is -2.21. The third-order valence-electron chi connectivity index (χ3n) is 10.9. The Labute approximate surface area is 333 Å². The van der Waals surface area contributed by atoms with Crippen molar-refractivity contribution in [2.45, 2.75) is 246 Å². The molecule has 54 heavy (non-hydrogen) atoms. The van der Waals surface area contributed by atoms with Gasteiger partial charge in [0.2, 0.25) is 0 Å². The number of hydrogen-bond acceptors (Lipinski definition) is 6. The van der Waals surface area contributed by atoms with E-state index in [1.54, 1.807) is 12.1 Å². The van der Waals surface area contributed by atoms with Crippen LogP contribution in [0.15, 0.2) is 18.2 Å². The van der Waals surface area contributed by atoms with Crippen molar-refractivity contribution >= 4 is 17.7 Å². The summed E-state index contributed by atoms with van der Waals surface area (Å²) in [6, 6.07) is 3.95. The molecule has 312 valence electrons. The van der Waals surface area contributed by atoms with Crippen molar-refractivity contribution in [2.24, 2.45) is 11.1 Å². The van der Waals surface area contributed by atoms with Gasteiger partial charge in [-0.15, -0.1) is 0 Å². The zero-order valence-electron chi connectivity index (χ0n) is 36.1. The lowest BCUT2D eigenvalue weighted by Crippen LogP contribution is -2.42. The standard InChI is InChI=1S/C48H85NO5/c1-6-8-10-12-14-16-18-20-22-24-26-28-30-32-34-36-44(50)53-42-39-38-41(46(52)47(49)48(3,4)5)40-43(42)54-45(51)37-35-33-31-29-27-25-23-21-19-17-15-13-11-9-7-2/h38-40,47H,6-37,49H2,1-5H3. The maximum atomic E-state index is 13.2. The Morgan fingerprint density at radius 1 is 0.481 bits per heavy atom. The summed E-state index contributed by atoms with van der Waals surface area (Å²) in [5.74, 6) is -0.689. The molecule has 0 saturated heterocycles. The first kappa shape index (κ1) is 49.8. The molecule has 2 N–H and O–H groups in total. The van der Waals surface area contributed by atoms with Gasteiger partial charge < -0.3 is 15.2 Å². The van der Waals surface area contributed by atoms with Crippen LogP contribution in [0.2, 0.25) is 0 Å². The van der Waals surface area contributed by atoms with E-state index >= 15 is 0 Å². The topological polar surface area (TPSA) is 95.7 Å². The van der Waals surface area contributed by atoms with Gasteiger partial charge in [-0.05, 0) is 36.5 Å². The zero-order chi connectivity index (χ0) is 39.7. The SMILES string of the molecule is CCCCCCCCCCCCCCCCCC(=O)Oc1ccc(C(=O)C(N)C(C)(C)C)cc1OC(=O)CCCCCCCCCCCCCCCCC. The molecule has 0 amide bonds. The fourth-order valence-corrected chi connectivity index (χ4v) is 7.03. The predicted octanol–water partition coefficient (Wildman–Crippen LogP) is 14.6. The fraction of sp³-hybridized carbons (Fsp3) is 0.812. The third-order valence-corrected chi connectivity index (χ3v) is 10.9. The number of ketones is 1. The number of benzene rings is 1. The quantitative estimate of drug-likeness (QED) is 0.0317. The Morgan fingerprint density at radius 2 is 0.778 bits per heavy atom. The Balaban J connectivity index is 2.41. The van der Waals surface area contributed by atoms with Crippen molar-refractivity contribution in [1.29, 1.82) is 0 Å². The van der Waals surface area contributed by atoms with E-state index in [-0.39, 0.29) is 35.6 Å². The van der Waals surface area contributed by atoms with Gasteiger partial charge in [-0.25, -0.2) is 0 Å². The van der Waals surface area contributed by atoms with E-state index in [1.807, 2.05) is 20.8 Å². The molecule has 6 nitrogen and oxygen atoms in total. The average Bonchev–Trinajstić information content (AvgIpc) is 3.14. The minimum atomic E-state index is -0.722. The van der Waals surface area contributed by atoms with Crippen molar-refractivity contribution in [1.82, 2.24) is 0 Å². The first-order chi connectivity index (χ1) is 26.1. The molecule has 6 heteroatoms. The number of rotatable bonds is 36. The number of unbranched alkanes of at least 4 members (excludes halogenated alkanes) is 28. The molecule has 0 radical (unpaired) electrons. The summed E-state index contributed by atoms with van der Waals surface area (Å²) in [5.41, 5.74) is 6.18. The smallest absolute Gasteiger partial charge is 0.311 e. The molecule has 1 rings (SSSR count). The van der Waals surface area contributed by atoms with Gasteiger partial charge in [-0.3, -0.25) is 14.4 Å². The van der Waals surface area contributed by atoms with Gasteiger partial charge in [-0.2, -0.15) is 0 Å². The van der Waals surface area contributed by atoms with Gasteiger partial charge in [0, 0.05) is 18.4 Å². The minimum Gasteiger partial charge on any atom is -0.423 e. The van der Waals surface area contributed by atoms with Crippen LogP contribution in [0.1, 0.15) is 250 Å². The molecular formula is C48H85NO5. The van der Waals surface area contributed by atoms with Crippen molar-refractivity contribution in [2.75, 3.05) is 0 Å². The van der Waals surface area contributed by atoms with Crippen LogP contribution in [0.3, 0.4) is 0 Å². The second-order valence-electron chi connectivity index (χ2n) is 17.2. The summed E-state index contributed by atoms with van der Waals surface area (Å²) in [7, 11) is 0. The molecule has 1 aromatic rings. The summed E-state index contributed by atoms with van der Waals surface area (Å²) in [5, 5.41) is 0. The van der Waals surface area contributed by atoms with Crippen LogP contribution in [0, 0.1) is 5.41 Å². The number of ether oxygens (including phenoxy) is 2.